The minimum absolute atomic E-state index is 0.0817. The van der Waals surface area contributed by atoms with Gasteiger partial charge in [-0.3, -0.25) is 4.79 Å². The van der Waals surface area contributed by atoms with Gasteiger partial charge in [0.1, 0.15) is 0 Å². The highest BCUT2D eigenvalue weighted by Crippen LogP contribution is 2.12. The number of amides is 1. The van der Waals surface area contributed by atoms with Crippen molar-refractivity contribution in [1.82, 2.24) is 0 Å². The predicted octanol–water partition coefficient (Wildman–Crippen LogP) is 3.54. The lowest BCUT2D eigenvalue weighted by Gasteiger charge is -2.04. The minimum Gasteiger partial charge on any atom is -0.322 e. The standard InChI is InChI=1S/C13H10INO/c14-11-6-8-12(9-7-11)15-13(16)10-4-2-1-3-5-10/h1-9H,(H,15,16). The van der Waals surface area contributed by atoms with Crippen molar-refractivity contribution >= 4 is 34.2 Å². The summed E-state index contributed by atoms with van der Waals surface area (Å²) in [5, 5.41) is 2.84. The lowest BCUT2D eigenvalue weighted by molar-refractivity contribution is 0.102. The van der Waals surface area contributed by atoms with E-state index in [1.54, 1.807) is 12.1 Å². The molecule has 16 heavy (non-hydrogen) atoms. The molecule has 2 rings (SSSR count). The molecule has 0 unspecified atom stereocenters. The van der Waals surface area contributed by atoms with Gasteiger partial charge in [0.05, 0.1) is 0 Å². The van der Waals surface area contributed by atoms with Crippen LogP contribution in [-0.2, 0) is 0 Å². The second kappa shape index (κ2) is 5.12. The monoisotopic (exact) mass is 323 g/mol. The van der Waals surface area contributed by atoms with E-state index < -0.39 is 0 Å². The molecule has 0 aliphatic heterocycles. The quantitative estimate of drug-likeness (QED) is 0.842. The van der Waals surface area contributed by atoms with Gasteiger partial charge >= 0.3 is 0 Å². The van der Waals surface area contributed by atoms with Gasteiger partial charge in [0.15, 0.2) is 0 Å². The van der Waals surface area contributed by atoms with Gasteiger partial charge in [0.25, 0.3) is 5.91 Å². The summed E-state index contributed by atoms with van der Waals surface area (Å²) in [6.07, 6.45) is 0. The summed E-state index contributed by atoms with van der Waals surface area (Å²) in [4.78, 5) is 11.8. The highest BCUT2D eigenvalue weighted by molar-refractivity contribution is 14.1. The Bertz CT molecular complexity index is 479. The largest absolute Gasteiger partial charge is 0.322 e. The van der Waals surface area contributed by atoms with Gasteiger partial charge in [-0.25, -0.2) is 0 Å². The SMILES string of the molecule is O=C(Nc1ccc(I)cc1)c1ccccc1. The average Bonchev–Trinajstić information content (AvgIpc) is 2.33. The van der Waals surface area contributed by atoms with E-state index in [1.807, 2.05) is 42.5 Å². The lowest BCUT2D eigenvalue weighted by Crippen LogP contribution is -2.11. The number of benzene rings is 2. The number of hydrogen-bond donors (Lipinski definition) is 1. The maximum atomic E-state index is 11.8. The van der Waals surface area contributed by atoms with Gasteiger partial charge in [0.2, 0.25) is 0 Å². The molecule has 2 nitrogen and oxygen atoms in total. The van der Waals surface area contributed by atoms with E-state index in [0.29, 0.717) is 5.56 Å². The van der Waals surface area contributed by atoms with Crippen LogP contribution in [0.2, 0.25) is 0 Å². The molecule has 0 aliphatic rings. The van der Waals surface area contributed by atoms with Crippen molar-refractivity contribution in [2.24, 2.45) is 0 Å². The Hall–Kier alpha value is -1.36. The summed E-state index contributed by atoms with van der Waals surface area (Å²) in [7, 11) is 0. The highest BCUT2D eigenvalue weighted by atomic mass is 127. The van der Waals surface area contributed by atoms with Gasteiger partial charge in [-0.2, -0.15) is 0 Å². The molecule has 2 aromatic carbocycles. The summed E-state index contributed by atoms with van der Waals surface area (Å²) < 4.78 is 1.15. The third-order valence-corrected chi connectivity index (χ3v) is 2.86. The molecule has 0 spiro atoms. The van der Waals surface area contributed by atoms with Crippen LogP contribution in [0, 0.1) is 3.57 Å². The summed E-state index contributed by atoms with van der Waals surface area (Å²) in [5.41, 5.74) is 1.48. The molecule has 0 heterocycles. The molecule has 3 heteroatoms. The molecule has 80 valence electrons. The Morgan fingerprint density at radius 3 is 2.19 bits per heavy atom. The first kappa shape index (κ1) is 11.1. The Kier molecular flexibility index (Phi) is 3.56. The average molecular weight is 323 g/mol. The number of carbonyl (C=O) groups is 1. The second-order valence-corrected chi connectivity index (χ2v) is 4.57. The fraction of sp³-hybridized carbons (Fsp3) is 0. The van der Waals surface area contributed by atoms with E-state index in [-0.39, 0.29) is 5.91 Å². The fourth-order valence-electron chi connectivity index (χ4n) is 1.33. The molecule has 0 atom stereocenters. The molecule has 2 aromatic rings. The van der Waals surface area contributed by atoms with Crippen LogP contribution in [0.25, 0.3) is 0 Å². The van der Waals surface area contributed by atoms with Crippen LogP contribution in [0.15, 0.2) is 54.6 Å². The number of rotatable bonds is 2. The molecule has 0 saturated carbocycles. The zero-order valence-corrected chi connectivity index (χ0v) is 10.6. The van der Waals surface area contributed by atoms with E-state index in [9.17, 15) is 4.79 Å². The van der Waals surface area contributed by atoms with Gasteiger partial charge < -0.3 is 5.32 Å². The molecule has 0 saturated heterocycles. The summed E-state index contributed by atoms with van der Waals surface area (Å²) in [5.74, 6) is -0.0817. The van der Waals surface area contributed by atoms with Crippen LogP contribution in [-0.4, -0.2) is 5.91 Å². The van der Waals surface area contributed by atoms with Crippen LogP contribution >= 0.6 is 22.6 Å². The topological polar surface area (TPSA) is 29.1 Å². The van der Waals surface area contributed by atoms with E-state index in [1.165, 1.54) is 0 Å². The highest BCUT2D eigenvalue weighted by Gasteiger charge is 2.04. The van der Waals surface area contributed by atoms with Crippen molar-refractivity contribution in [2.75, 3.05) is 5.32 Å². The van der Waals surface area contributed by atoms with Crippen LogP contribution in [0.5, 0.6) is 0 Å². The zero-order chi connectivity index (χ0) is 11.4. The van der Waals surface area contributed by atoms with Crippen molar-refractivity contribution in [3.8, 4) is 0 Å². The molecule has 0 aromatic heterocycles. The second-order valence-electron chi connectivity index (χ2n) is 3.33. The molecular formula is C13H10INO. The zero-order valence-electron chi connectivity index (χ0n) is 8.48. The normalized spacial score (nSPS) is 9.81. The van der Waals surface area contributed by atoms with Crippen molar-refractivity contribution in [1.29, 1.82) is 0 Å². The van der Waals surface area contributed by atoms with E-state index >= 15 is 0 Å². The van der Waals surface area contributed by atoms with Gasteiger partial charge in [-0.1, -0.05) is 18.2 Å². The van der Waals surface area contributed by atoms with E-state index in [4.69, 9.17) is 0 Å². The molecule has 0 bridgehead atoms. The maximum absolute atomic E-state index is 11.8. The fourth-order valence-corrected chi connectivity index (χ4v) is 1.69. The smallest absolute Gasteiger partial charge is 0.255 e. The molecular weight excluding hydrogens is 313 g/mol. The van der Waals surface area contributed by atoms with Crippen molar-refractivity contribution < 1.29 is 4.79 Å². The first-order chi connectivity index (χ1) is 7.75. The maximum Gasteiger partial charge on any atom is 0.255 e. The number of halogens is 1. The predicted molar refractivity (Wildman–Crippen MR) is 73.6 cm³/mol. The Balaban J connectivity index is 2.11. The number of hydrogen-bond acceptors (Lipinski definition) is 1. The van der Waals surface area contributed by atoms with Crippen LogP contribution in [0.3, 0.4) is 0 Å². The third kappa shape index (κ3) is 2.82. The van der Waals surface area contributed by atoms with Crippen LogP contribution < -0.4 is 5.32 Å². The van der Waals surface area contributed by atoms with Crippen molar-refractivity contribution in [3.05, 3.63) is 63.7 Å². The first-order valence-corrected chi connectivity index (χ1v) is 5.95. The molecule has 1 N–H and O–H groups in total. The third-order valence-electron chi connectivity index (χ3n) is 2.14. The van der Waals surface area contributed by atoms with Crippen molar-refractivity contribution in [2.45, 2.75) is 0 Å². The van der Waals surface area contributed by atoms with E-state index in [2.05, 4.69) is 27.9 Å². The van der Waals surface area contributed by atoms with Crippen LogP contribution in [0.4, 0.5) is 5.69 Å². The minimum atomic E-state index is -0.0817. The molecule has 1 amide bonds. The summed E-state index contributed by atoms with van der Waals surface area (Å²) in [6.45, 7) is 0. The number of carbonyl (C=O) groups excluding carboxylic acids is 1. The van der Waals surface area contributed by atoms with Gasteiger partial charge in [0, 0.05) is 14.8 Å². The summed E-state index contributed by atoms with van der Waals surface area (Å²) in [6, 6.07) is 16.9. The Labute approximate surface area is 108 Å². The Morgan fingerprint density at radius 1 is 0.938 bits per heavy atom. The lowest BCUT2D eigenvalue weighted by atomic mass is 10.2. The van der Waals surface area contributed by atoms with Crippen molar-refractivity contribution in [3.63, 3.8) is 0 Å². The van der Waals surface area contributed by atoms with E-state index in [0.717, 1.165) is 9.26 Å². The van der Waals surface area contributed by atoms with Crippen LogP contribution in [0.1, 0.15) is 10.4 Å². The molecule has 0 radical (unpaired) electrons. The Morgan fingerprint density at radius 2 is 1.56 bits per heavy atom. The number of anilines is 1. The van der Waals surface area contributed by atoms with Gasteiger partial charge in [-0.15, -0.1) is 0 Å². The molecule has 0 fully saturated rings. The first-order valence-electron chi connectivity index (χ1n) is 4.88. The van der Waals surface area contributed by atoms with Gasteiger partial charge in [-0.05, 0) is 59.0 Å². The molecule has 0 aliphatic carbocycles. The number of nitrogens with one attached hydrogen (secondary N) is 1. The summed E-state index contributed by atoms with van der Waals surface area (Å²) >= 11 is 2.23.